The number of benzene rings is 3. The van der Waals surface area contributed by atoms with Crippen LogP contribution in [-0.4, -0.2) is 28.1 Å². The highest BCUT2D eigenvalue weighted by molar-refractivity contribution is 15.0. The van der Waals surface area contributed by atoms with Crippen molar-refractivity contribution in [2.24, 2.45) is 0 Å². The molecular formula is C31H34F2I2N4O2S. The van der Waals surface area contributed by atoms with Gasteiger partial charge in [0, 0.05) is 59.9 Å². The van der Waals surface area contributed by atoms with Gasteiger partial charge in [-0.05, 0) is 61.6 Å². The van der Waals surface area contributed by atoms with Gasteiger partial charge in [-0.2, -0.15) is 0 Å². The van der Waals surface area contributed by atoms with E-state index in [-0.39, 0.29) is 19.5 Å². The lowest BCUT2D eigenvalue weighted by Gasteiger charge is -2.15. The van der Waals surface area contributed by atoms with Gasteiger partial charge in [-0.1, -0.05) is 57.7 Å². The lowest BCUT2D eigenvalue weighted by molar-refractivity contribution is 0.405. The Morgan fingerprint density at radius 3 is 1.98 bits per heavy atom. The van der Waals surface area contributed by atoms with Gasteiger partial charge in [0.05, 0.1) is 17.6 Å². The third kappa shape index (κ3) is 7.47. The fraction of sp³-hybridized carbons (Fsp3) is 0.226. The van der Waals surface area contributed by atoms with Gasteiger partial charge in [-0.25, -0.2) is 18.1 Å². The Bertz CT molecular complexity index is 1710. The number of nitrogens with two attached hydrogens (primary N) is 1. The largest absolute Gasteiger partial charge is 0.399 e. The number of thiophene rings is 1. The maximum Gasteiger partial charge on any atom is 0.337 e. The van der Waals surface area contributed by atoms with Crippen molar-refractivity contribution >= 4 is 64.5 Å². The first-order valence-corrected chi connectivity index (χ1v) is 19.8. The second-order valence-corrected chi connectivity index (χ2v) is 9.99. The van der Waals surface area contributed by atoms with Gasteiger partial charge in [0.15, 0.2) is 0 Å². The van der Waals surface area contributed by atoms with E-state index >= 15 is 0 Å². The highest BCUT2D eigenvalue weighted by Gasteiger charge is 2.25. The van der Waals surface area contributed by atoms with Crippen LogP contribution >= 0.6 is 48.6 Å². The zero-order chi connectivity index (χ0) is 30.3. The fourth-order valence-electron chi connectivity index (χ4n) is 4.39. The summed E-state index contributed by atoms with van der Waals surface area (Å²) in [4.78, 5) is 30.8. The van der Waals surface area contributed by atoms with Gasteiger partial charge in [0.25, 0.3) is 5.56 Å². The first-order valence-electron chi connectivity index (χ1n) is 12.7. The Morgan fingerprint density at radius 2 is 1.43 bits per heavy atom. The first-order chi connectivity index (χ1) is 19.8. The summed E-state index contributed by atoms with van der Waals surface area (Å²) in [6, 6.07) is 19.4. The molecule has 0 atom stereocenters. The molecule has 0 aliphatic heterocycles. The highest BCUT2D eigenvalue weighted by Crippen LogP contribution is 2.38. The standard InChI is InChI=1S/C28H24F2N4O2S.C2H6.CH4.I2/c1-32(2)15-21-24-26(35)34(19-7-4-3-5-8-19)28(36)33(16-20-22(29)9-6-10-23(20)30)27(24)37-25(21)17-11-13-18(31)14-12-17;1-2;;1-2/h3-14H,15-16,31H2,1-2H3;1-2H3;1H4;. The molecule has 0 amide bonds. The molecule has 11 heteroatoms. The van der Waals surface area contributed by atoms with Gasteiger partial charge in [0.1, 0.15) is 16.5 Å². The number of hydrogen-bond donors (Lipinski definition) is 1. The third-order valence-electron chi connectivity index (χ3n) is 6.11. The number of para-hydroxylation sites is 1. The molecule has 3 aromatic carbocycles. The van der Waals surface area contributed by atoms with Crippen LogP contribution in [0.4, 0.5) is 14.5 Å². The molecule has 2 aromatic heterocycles. The molecule has 42 heavy (non-hydrogen) atoms. The van der Waals surface area contributed by atoms with Gasteiger partial charge in [-0.15, -0.1) is 11.3 Å². The molecule has 0 spiro atoms. The Balaban J connectivity index is 0.00000118. The molecule has 224 valence electrons. The van der Waals surface area contributed by atoms with Gasteiger partial charge in [0.2, 0.25) is 0 Å². The van der Waals surface area contributed by atoms with E-state index < -0.39 is 22.9 Å². The molecule has 2 N–H and O–H groups in total. The molecule has 0 fully saturated rings. The molecule has 0 aliphatic rings. The van der Waals surface area contributed by atoms with E-state index in [2.05, 4.69) is 37.2 Å². The predicted octanol–water partition coefficient (Wildman–Crippen LogP) is 8.28. The molecule has 6 nitrogen and oxygen atoms in total. The van der Waals surface area contributed by atoms with Crippen molar-refractivity contribution in [3.05, 3.63) is 116 Å². The minimum Gasteiger partial charge on any atom is -0.399 e. The number of hydrogen-bond acceptors (Lipinski definition) is 5. The Labute approximate surface area is 272 Å². The monoisotopic (exact) mass is 818 g/mol. The molecule has 0 saturated carbocycles. The van der Waals surface area contributed by atoms with E-state index in [1.807, 2.05) is 45.0 Å². The maximum absolute atomic E-state index is 14.7. The van der Waals surface area contributed by atoms with Crippen LogP contribution in [-0.2, 0) is 13.1 Å². The van der Waals surface area contributed by atoms with E-state index in [1.165, 1.54) is 22.0 Å². The smallest absolute Gasteiger partial charge is 0.337 e. The molecule has 0 radical (unpaired) electrons. The lowest BCUT2D eigenvalue weighted by atomic mass is 10.1. The summed E-state index contributed by atoms with van der Waals surface area (Å²) in [7, 11) is 3.77. The molecule has 0 saturated heterocycles. The van der Waals surface area contributed by atoms with Crippen molar-refractivity contribution in [1.29, 1.82) is 0 Å². The Hall–Kier alpha value is -2.62. The summed E-state index contributed by atoms with van der Waals surface area (Å²) in [5.74, 6) is -1.53. The zero-order valence-electron chi connectivity index (χ0n) is 23.0. The first kappa shape index (κ1) is 35.6. The van der Waals surface area contributed by atoms with Gasteiger partial charge >= 0.3 is 5.69 Å². The van der Waals surface area contributed by atoms with Crippen molar-refractivity contribution in [1.82, 2.24) is 14.0 Å². The summed E-state index contributed by atoms with van der Waals surface area (Å²) in [6.45, 7) is 4.04. The van der Waals surface area contributed by atoms with E-state index in [9.17, 15) is 18.4 Å². The number of aromatic nitrogens is 2. The van der Waals surface area contributed by atoms with Crippen LogP contribution in [0.3, 0.4) is 0 Å². The van der Waals surface area contributed by atoms with Crippen molar-refractivity contribution in [2.75, 3.05) is 19.8 Å². The van der Waals surface area contributed by atoms with E-state index in [0.29, 0.717) is 28.1 Å². The van der Waals surface area contributed by atoms with Crippen molar-refractivity contribution in [2.45, 2.75) is 34.4 Å². The maximum atomic E-state index is 14.7. The molecule has 5 aromatic rings. The summed E-state index contributed by atoms with van der Waals surface area (Å²) >= 11 is 5.49. The summed E-state index contributed by atoms with van der Waals surface area (Å²) in [5, 5.41) is 0.339. The average Bonchev–Trinajstić information content (AvgIpc) is 3.34. The number of rotatable bonds is 6. The topological polar surface area (TPSA) is 73.3 Å². The van der Waals surface area contributed by atoms with Crippen LogP contribution in [0.2, 0.25) is 0 Å². The number of nitrogens with zero attached hydrogens (tertiary/aromatic N) is 3. The minimum atomic E-state index is -0.763. The van der Waals surface area contributed by atoms with E-state index in [1.54, 1.807) is 42.5 Å². The average molecular weight is 819 g/mol. The Morgan fingerprint density at radius 1 is 0.857 bits per heavy atom. The van der Waals surface area contributed by atoms with Gasteiger partial charge in [-0.3, -0.25) is 9.36 Å². The molecule has 5 rings (SSSR count). The number of anilines is 1. The van der Waals surface area contributed by atoms with Crippen molar-refractivity contribution in [3.8, 4) is 16.1 Å². The van der Waals surface area contributed by atoms with E-state index in [4.69, 9.17) is 5.73 Å². The molecule has 0 bridgehead atoms. The van der Waals surface area contributed by atoms with Crippen LogP contribution in [0.1, 0.15) is 32.4 Å². The normalized spacial score (nSPS) is 10.4. The molecule has 0 aliphatic carbocycles. The quantitative estimate of drug-likeness (QED) is 0.138. The lowest BCUT2D eigenvalue weighted by Crippen LogP contribution is -2.39. The molecule has 0 unspecified atom stereocenters. The summed E-state index contributed by atoms with van der Waals surface area (Å²) < 4.78 is 31.7. The van der Waals surface area contributed by atoms with Crippen LogP contribution in [0, 0.1) is 11.6 Å². The highest BCUT2D eigenvalue weighted by atomic mass is 128. The Kier molecular flexibility index (Phi) is 13.8. The van der Waals surface area contributed by atoms with E-state index in [0.717, 1.165) is 32.7 Å². The van der Waals surface area contributed by atoms with Crippen molar-refractivity contribution < 1.29 is 8.78 Å². The molecular weight excluding hydrogens is 784 g/mol. The van der Waals surface area contributed by atoms with Crippen LogP contribution in [0.15, 0.2) is 82.4 Å². The SMILES string of the molecule is C.CC.CN(C)Cc1c(-c2ccc(N)cc2)sc2c1c(=O)n(-c1ccccc1)c(=O)n2Cc1c(F)cccc1F.II. The second-order valence-electron chi connectivity index (χ2n) is 8.99. The number of halogens is 4. The fourth-order valence-corrected chi connectivity index (χ4v) is 5.69. The number of nitrogen functional groups attached to an aromatic ring is 1. The predicted molar refractivity (Wildman–Crippen MR) is 191 cm³/mol. The molecule has 2 heterocycles. The second kappa shape index (κ2) is 16.3. The summed E-state index contributed by atoms with van der Waals surface area (Å²) in [5.41, 5.74) is 7.01. The van der Waals surface area contributed by atoms with Crippen LogP contribution in [0.5, 0.6) is 0 Å². The minimum absolute atomic E-state index is 0. The summed E-state index contributed by atoms with van der Waals surface area (Å²) in [6.07, 6.45) is 0. The zero-order valence-corrected chi connectivity index (χ0v) is 28.1. The number of fused-ring (bicyclic) bond motifs is 1. The van der Waals surface area contributed by atoms with Crippen LogP contribution in [0.25, 0.3) is 26.3 Å². The van der Waals surface area contributed by atoms with Crippen LogP contribution < -0.4 is 17.0 Å². The van der Waals surface area contributed by atoms with Crippen molar-refractivity contribution in [3.63, 3.8) is 0 Å². The van der Waals surface area contributed by atoms with Gasteiger partial charge < -0.3 is 10.6 Å². The third-order valence-corrected chi connectivity index (χ3v) is 7.42.